The zero-order chi connectivity index (χ0) is 12.0. The van der Waals surface area contributed by atoms with E-state index in [1.807, 2.05) is 0 Å². The Morgan fingerprint density at radius 2 is 2.00 bits per heavy atom. The fourth-order valence-electron chi connectivity index (χ4n) is 1.16. The molecule has 16 heavy (non-hydrogen) atoms. The normalized spacial score (nSPS) is 10.5. The summed E-state index contributed by atoms with van der Waals surface area (Å²) in [7, 11) is 0. The highest BCUT2D eigenvalue weighted by atomic mass is 127. The van der Waals surface area contributed by atoms with E-state index in [4.69, 9.17) is 0 Å². The summed E-state index contributed by atoms with van der Waals surface area (Å²) < 4.78 is 2.50. The number of hydrogen-bond acceptors (Lipinski definition) is 3. The van der Waals surface area contributed by atoms with Gasteiger partial charge < -0.3 is 0 Å². The molecule has 0 N–H and O–H groups in total. The van der Waals surface area contributed by atoms with Crippen LogP contribution in [0.4, 0.5) is 0 Å². The lowest BCUT2D eigenvalue weighted by Crippen LogP contribution is -2.03. The molecule has 7 heteroatoms. The molecule has 0 unspecified atom stereocenters. The van der Waals surface area contributed by atoms with E-state index in [1.165, 1.54) is 18.0 Å². The van der Waals surface area contributed by atoms with Gasteiger partial charge in [0, 0.05) is 10.0 Å². The van der Waals surface area contributed by atoms with Gasteiger partial charge >= 0.3 is 0 Å². The van der Waals surface area contributed by atoms with Gasteiger partial charge in [0.05, 0.1) is 8.13 Å². The van der Waals surface area contributed by atoms with Crippen LogP contribution in [-0.4, -0.2) is 20.2 Å². The van der Waals surface area contributed by atoms with Gasteiger partial charge in [-0.15, -0.1) is 10.2 Å². The third kappa shape index (κ3) is 5.56. The number of tetrazole rings is 1. The molecule has 0 bridgehead atoms. The van der Waals surface area contributed by atoms with Gasteiger partial charge in [0.2, 0.25) is 0 Å². The van der Waals surface area contributed by atoms with Crippen molar-refractivity contribution in [3.05, 3.63) is 11.0 Å². The lowest BCUT2D eigenvalue weighted by Gasteiger charge is -1.97. The molecular weight excluding hydrogens is 545 g/mol. The van der Waals surface area contributed by atoms with Crippen LogP contribution in [0.5, 0.6) is 0 Å². The van der Waals surface area contributed by atoms with Crippen LogP contribution in [0.3, 0.4) is 0 Å². The summed E-state index contributed by atoms with van der Waals surface area (Å²) in [6.07, 6.45) is 4.55. The number of aromatic nitrogens is 4. The van der Waals surface area contributed by atoms with Crippen molar-refractivity contribution >= 4 is 67.8 Å². The average Bonchev–Trinajstić information content (AvgIpc) is 2.66. The second-order valence-corrected chi connectivity index (χ2v) is 8.88. The molecule has 0 saturated carbocycles. The van der Waals surface area contributed by atoms with Gasteiger partial charge in [-0.25, -0.2) is 0 Å². The summed E-state index contributed by atoms with van der Waals surface area (Å²) in [6.45, 7) is 2.92. The van der Waals surface area contributed by atoms with Gasteiger partial charge in [-0.1, -0.05) is 19.8 Å². The summed E-state index contributed by atoms with van der Waals surface area (Å²) in [5.74, 6) is 0.862. The minimum Gasteiger partial charge on any atom is -0.159 e. The number of nitrogens with zero attached hydrogens (tertiary/aromatic N) is 4. The number of aryl methyl sites for hydroxylation is 1. The number of rotatable bonds is 6. The molecule has 0 atom stereocenters. The number of halogens is 3. The SMILES string of the molecule is CCCCCc1nnn(CC(I)=C(I)I)n1. The van der Waals surface area contributed by atoms with Gasteiger partial charge in [0.25, 0.3) is 0 Å². The van der Waals surface area contributed by atoms with Crippen molar-refractivity contribution in [1.82, 2.24) is 20.2 Å². The topological polar surface area (TPSA) is 43.6 Å². The molecule has 4 nitrogen and oxygen atoms in total. The zero-order valence-corrected chi connectivity index (χ0v) is 15.4. The maximum Gasteiger partial charge on any atom is 0.174 e. The van der Waals surface area contributed by atoms with E-state index in [9.17, 15) is 0 Å². The number of allylic oxidation sites excluding steroid dienone is 1. The van der Waals surface area contributed by atoms with E-state index in [-0.39, 0.29) is 0 Å². The number of unbranched alkanes of at least 4 members (excludes halogenated alkanes) is 2. The Hall–Kier alpha value is 1.00. The summed E-state index contributed by atoms with van der Waals surface area (Å²) in [5, 5.41) is 12.5. The van der Waals surface area contributed by atoms with Gasteiger partial charge in [-0.3, -0.25) is 0 Å². The fraction of sp³-hybridized carbons (Fsp3) is 0.667. The van der Waals surface area contributed by atoms with E-state index >= 15 is 0 Å². The molecule has 1 aromatic heterocycles. The third-order valence-electron chi connectivity index (χ3n) is 1.98. The molecule has 1 heterocycles. The van der Waals surface area contributed by atoms with Crippen molar-refractivity contribution in [2.24, 2.45) is 0 Å². The molecule has 0 aromatic carbocycles. The Balaban J connectivity index is 2.48. The van der Waals surface area contributed by atoms with Crippen LogP contribution in [-0.2, 0) is 13.0 Å². The van der Waals surface area contributed by atoms with Crippen LogP contribution >= 0.6 is 67.8 Å². The molecule has 90 valence electrons. The first-order chi connectivity index (χ1) is 7.63. The largest absolute Gasteiger partial charge is 0.174 e. The Morgan fingerprint density at radius 3 is 2.62 bits per heavy atom. The molecule has 0 radical (unpaired) electrons. The minimum atomic E-state index is 0.725. The highest BCUT2D eigenvalue weighted by Gasteiger charge is 2.05. The summed E-state index contributed by atoms with van der Waals surface area (Å²) in [4.78, 5) is 1.67. The first kappa shape index (κ1) is 15.1. The van der Waals surface area contributed by atoms with Crippen molar-refractivity contribution in [2.45, 2.75) is 39.2 Å². The third-order valence-corrected chi connectivity index (χ3v) is 6.23. The second kappa shape index (κ2) is 8.16. The first-order valence-electron chi connectivity index (χ1n) is 5.09. The highest BCUT2D eigenvalue weighted by Crippen LogP contribution is 2.25. The van der Waals surface area contributed by atoms with E-state index in [2.05, 4.69) is 90.1 Å². The quantitative estimate of drug-likeness (QED) is 0.394. The zero-order valence-electron chi connectivity index (χ0n) is 8.96. The maximum atomic E-state index is 4.35. The van der Waals surface area contributed by atoms with E-state index < -0.39 is 0 Å². The molecule has 0 fully saturated rings. The Kier molecular flexibility index (Phi) is 7.68. The van der Waals surface area contributed by atoms with Gasteiger partial charge in [0.1, 0.15) is 0 Å². The van der Waals surface area contributed by atoms with Crippen molar-refractivity contribution in [3.63, 3.8) is 0 Å². The van der Waals surface area contributed by atoms with E-state index in [1.54, 1.807) is 4.80 Å². The van der Waals surface area contributed by atoms with Crippen molar-refractivity contribution in [1.29, 1.82) is 0 Å². The minimum absolute atomic E-state index is 0.725. The molecule has 0 aliphatic rings. The van der Waals surface area contributed by atoms with Gasteiger partial charge in [0.15, 0.2) is 5.82 Å². The van der Waals surface area contributed by atoms with Crippen LogP contribution < -0.4 is 0 Å². The van der Waals surface area contributed by atoms with Gasteiger partial charge in [-0.05, 0) is 79.4 Å². The van der Waals surface area contributed by atoms with Crippen molar-refractivity contribution in [2.75, 3.05) is 0 Å². The lowest BCUT2D eigenvalue weighted by atomic mass is 10.2. The molecule has 0 aliphatic carbocycles. The molecule has 0 amide bonds. The van der Waals surface area contributed by atoms with Crippen LogP contribution in [0.1, 0.15) is 32.0 Å². The smallest absolute Gasteiger partial charge is 0.159 e. The average molecular weight is 558 g/mol. The molecule has 1 aromatic rings. The Morgan fingerprint density at radius 1 is 1.25 bits per heavy atom. The first-order valence-corrected chi connectivity index (χ1v) is 8.33. The van der Waals surface area contributed by atoms with Crippen molar-refractivity contribution in [3.8, 4) is 0 Å². The summed E-state index contributed by atoms with van der Waals surface area (Å²) in [6, 6.07) is 0. The predicted octanol–water partition coefficient (Wildman–Crippen LogP) is 3.88. The Bertz CT molecular complexity index is 357. The summed E-state index contributed by atoms with van der Waals surface area (Å²) in [5.41, 5.74) is 0. The molecule has 0 aliphatic heterocycles. The number of hydrogen-bond donors (Lipinski definition) is 0. The fourth-order valence-corrected chi connectivity index (χ4v) is 1.81. The van der Waals surface area contributed by atoms with Crippen LogP contribution in [0, 0.1) is 0 Å². The second-order valence-electron chi connectivity index (χ2n) is 3.36. The predicted molar refractivity (Wildman–Crippen MR) is 90.1 cm³/mol. The molecule has 1 rings (SSSR count). The molecular formula is C9H13I3N4. The monoisotopic (exact) mass is 558 g/mol. The van der Waals surface area contributed by atoms with Crippen LogP contribution in [0.25, 0.3) is 0 Å². The van der Waals surface area contributed by atoms with E-state index in [0.717, 1.165) is 25.2 Å². The van der Waals surface area contributed by atoms with Crippen LogP contribution in [0.15, 0.2) is 5.17 Å². The Labute approximate surface area is 136 Å². The molecule has 0 saturated heterocycles. The van der Waals surface area contributed by atoms with Crippen molar-refractivity contribution < 1.29 is 0 Å². The highest BCUT2D eigenvalue weighted by molar-refractivity contribution is 14.2. The lowest BCUT2D eigenvalue weighted by molar-refractivity contribution is 0.577. The van der Waals surface area contributed by atoms with Crippen LogP contribution in [0.2, 0.25) is 0 Å². The summed E-state index contributed by atoms with van der Waals surface area (Å²) >= 11 is 6.91. The van der Waals surface area contributed by atoms with Gasteiger partial charge in [-0.2, -0.15) is 4.80 Å². The molecule has 0 spiro atoms. The standard InChI is InChI=1S/C9H13I3N4/c1-2-3-4-5-8-13-15-16(14-8)6-7(10)9(11)12/h2-6H2,1H3. The maximum absolute atomic E-state index is 4.35. The van der Waals surface area contributed by atoms with E-state index in [0.29, 0.717) is 0 Å².